The number of aliphatic hydroxyl groups excluding tert-OH is 4. The average Bonchev–Trinajstić information content (AvgIpc) is 3.30. The lowest BCUT2D eigenvalue weighted by Gasteiger charge is -2.27. The van der Waals surface area contributed by atoms with Gasteiger partial charge < -0.3 is 25.7 Å². The van der Waals surface area contributed by atoms with Gasteiger partial charge >= 0.3 is 0 Å². The van der Waals surface area contributed by atoms with Crippen LogP contribution in [-0.2, 0) is 4.79 Å². The maximum Gasteiger partial charge on any atom is 0.249 e. The molecule has 0 aromatic rings. The number of hydrogen-bond donors (Lipinski definition) is 5. The van der Waals surface area contributed by atoms with E-state index in [1.165, 1.54) is 270 Å². The van der Waals surface area contributed by atoms with E-state index < -0.39 is 36.9 Å². The summed E-state index contributed by atoms with van der Waals surface area (Å²) in [6.45, 7) is 4.09. The minimum Gasteiger partial charge on any atom is -0.394 e. The monoisotopic (exact) mass is 908 g/mol. The summed E-state index contributed by atoms with van der Waals surface area (Å²) in [6, 6.07) is -0.980. The lowest BCUT2D eigenvalue weighted by molar-refractivity contribution is -0.132. The molecule has 0 rings (SSSR count). The molecule has 0 saturated carbocycles. The zero-order valence-electron chi connectivity index (χ0n) is 43.6. The topological polar surface area (TPSA) is 110 Å². The summed E-state index contributed by atoms with van der Waals surface area (Å²) < 4.78 is 0. The zero-order valence-corrected chi connectivity index (χ0v) is 43.6. The molecule has 4 atom stereocenters. The smallest absolute Gasteiger partial charge is 0.249 e. The van der Waals surface area contributed by atoms with Gasteiger partial charge in [-0.05, 0) is 12.8 Å². The van der Waals surface area contributed by atoms with Crippen molar-refractivity contribution < 1.29 is 25.2 Å². The van der Waals surface area contributed by atoms with Crippen LogP contribution >= 0.6 is 0 Å². The van der Waals surface area contributed by atoms with Crippen LogP contribution in [0.1, 0.15) is 335 Å². The fourth-order valence-electron chi connectivity index (χ4n) is 9.70. The van der Waals surface area contributed by atoms with Crippen molar-refractivity contribution in [2.45, 2.75) is 359 Å². The Bertz CT molecular complexity index is 887. The van der Waals surface area contributed by atoms with Crippen LogP contribution in [0.25, 0.3) is 0 Å². The second kappa shape index (κ2) is 53.3. The molecule has 6 heteroatoms. The zero-order chi connectivity index (χ0) is 46.7. The number of aliphatic hydroxyl groups is 4. The molecule has 6 nitrogen and oxygen atoms in total. The normalized spacial score (nSPS) is 13.7. The van der Waals surface area contributed by atoms with Crippen molar-refractivity contribution in [3.63, 3.8) is 0 Å². The second-order valence-corrected chi connectivity index (χ2v) is 20.7. The van der Waals surface area contributed by atoms with Gasteiger partial charge in [-0.15, -0.1) is 0 Å². The molecule has 0 aromatic heterocycles. The Morgan fingerprint density at radius 2 is 0.531 bits per heavy atom. The molecule has 5 N–H and O–H groups in total. The number of rotatable bonds is 55. The summed E-state index contributed by atoms with van der Waals surface area (Å²) in [6.07, 6.45) is 61.9. The van der Waals surface area contributed by atoms with Crippen LogP contribution in [0.2, 0.25) is 0 Å². The summed E-state index contributed by atoms with van der Waals surface area (Å²) in [5.41, 5.74) is 0. The molecule has 0 aliphatic carbocycles. The van der Waals surface area contributed by atoms with Crippen molar-refractivity contribution in [1.29, 1.82) is 0 Å². The molecule has 384 valence electrons. The molecule has 64 heavy (non-hydrogen) atoms. The first-order valence-electron chi connectivity index (χ1n) is 29.4. The van der Waals surface area contributed by atoms with Gasteiger partial charge in [-0.1, -0.05) is 322 Å². The van der Waals surface area contributed by atoms with Crippen molar-refractivity contribution in [1.82, 2.24) is 5.32 Å². The van der Waals surface area contributed by atoms with Gasteiger partial charge in [0.25, 0.3) is 0 Å². The number of nitrogens with one attached hydrogen (secondary N) is 1. The molecular formula is C58H117NO5. The molecule has 0 fully saturated rings. The summed E-state index contributed by atoms with van der Waals surface area (Å²) >= 11 is 0. The van der Waals surface area contributed by atoms with E-state index in [0.717, 1.165) is 38.5 Å². The van der Waals surface area contributed by atoms with Gasteiger partial charge in [0, 0.05) is 0 Å². The standard InChI is InChI=1S/C58H117NO5/c1-3-5-7-9-11-13-15-17-19-21-22-23-24-25-26-27-28-29-30-31-32-33-34-35-36-38-39-41-43-45-47-49-51-55(61)57(63)54(53-60)59-58(64)56(62)52-50-48-46-44-42-40-37-20-18-16-14-12-10-8-6-4-2/h54-57,60-63H,3-53H2,1-2H3,(H,59,64). The lowest BCUT2D eigenvalue weighted by atomic mass is 9.99. The maximum absolute atomic E-state index is 12.6. The molecule has 0 radical (unpaired) electrons. The van der Waals surface area contributed by atoms with Crippen LogP contribution in [0.15, 0.2) is 0 Å². The average molecular weight is 909 g/mol. The quantitative estimate of drug-likeness (QED) is 0.0391. The number of amides is 1. The minimum absolute atomic E-state index is 0.376. The van der Waals surface area contributed by atoms with Crippen LogP contribution in [0.3, 0.4) is 0 Å². The van der Waals surface area contributed by atoms with E-state index in [2.05, 4.69) is 19.2 Å². The Balaban J connectivity index is 3.52. The van der Waals surface area contributed by atoms with Gasteiger partial charge in [0.1, 0.15) is 12.2 Å². The van der Waals surface area contributed by atoms with Crippen LogP contribution in [0.5, 0.6) is 0 Å². The van der Waals surface area contributed by atoms with Gasteiger partial charge in [0.15, 0.2) is 0 Å². The van der Waals surface area contributed by atoms with E-state index in [9.17, 15) is 25.2 Å². The van der Waals surface area contributed by atoms with Crippen molar-refractivity contribution in [3.05, 3.63) is 0 Å². The Morgan fingerprint density at radius 3 is 0.750 bits per heavy atom. The highest BCUT2D eigenvalue weighted by molar-refractivity contribution is 5.80. The summed E-state index contributed by atoms with van der Waals surface area (Å²) in [7, 11) is 0. The van der Waals surface area contributed by atoms with Crippen LogP contribution < -0.4 is 5.32 Å². The van der Waals surface area contributed by atoms with Crippen LogP contribution in [0.4, 0.5) is 0 Å². The summed E-state index contributed by atoms with van der Waals surface area (Å²) in [5, 5.41) is 44.0. The highest BCUT2D eigenvalue weighted by Gasteiger charge is 2.28. The van der Waals surface area contributed by atoms with Gasteiger partial charge in [0.05, 0.1) is 18.8 Å². The van der Waals surface area contributed by atoms with Crippen molar-refractivity contribution in [3.8, 4) is 0 Å². The molecule has 0 aliphatic rings. The highest BCUT2D eigenvalue weighted by Crippen LogP contribution is 2.19. The number of carbonyl (C=O) groups excluding carboxylic acids is 1. The van der Waals surface area contributed by atoms with Crippen molar-refractivity contribution in [2.24, 2.45) is 0 Å². The van der Waals surface area contributed by atoms with Crippen molar-refractivity contribution >= 4 is 5.91 Å². The van der Waals surface area contributed by atoms with Crippen LogP contribution in [0, 0.1) is 0 Å². The van der Waals surface area contributed by atoms with Crippen LogP contribution in [-0.4, -0.2) is 57.3 Å². The molecule has 0 spiro atoms. The third-order valence-electron chi connectivity index (χ3n) is 14.3. The first kappa shape index (κ1) is 63.3. The van der Waals surface area contributed by atoms with E-state index in [1.54, 1.807) is 0 Å². The first-order valence-corrected chi connectivity index (χ1v) is 29.4. The number of unbranched alkanes of at least 4 members (excludes halogenated alkanes) is 46. The summed E-state index contributed by atoms with van der Waals surface area (Å²) in [4.78, 5) is 12.6. The molecule has 0 saturated heterocycles. The minimum atomic E-state index is -1.25. The first-order chi connectivity index (χ1) is 31.5. The Morgan fingerprint density at radius 1 is 0.328 bits per heavy atom. The van der Waals surface area contributed by atoms with Gasteiger partial charge in [-0.2, -0.15) is 0 Å². The predicted octanol–water partition coefficient (Wildman–Crippen LogP) is 17.1. The third-order valence-corrected chi connectivity index (χ3v) is 14.3. The van der Waals surface area contributed by atoms with Gasteiger partial charge in [0.2, 0.25) is 5.91 Å². The van der Waals surface area contributed by atoms with E-state index in [0.29, 0.717) is 12.8 Å². The number of hydrogen-bond acceptors (Lipinski definition) is 5. The third kappa shape index (κ3) is 46.4. The van der Waals surface area contributed by atoms with E-state index >= 15 is 0 Å². The maximum atomic E-state index is 12.6. The number of carbonyl (C=O) groups is 1. The molecular weight excluding hydrogens is 791 g/mol. The summed E-state index contributed by atoms with van der Waals surface area (Å²) in [5.74, 6) is -0.576. The van der Waals surface area contributed by atoms with Gasteiger partial charge in [-0.3, -0.25) is 4.79 Å². The molecule has 0 heterocycles. The molecule has 4 unspecified atom stereocenters. The lowest BCUT2D eigenvalue weighted by Crippen LogP contribution is -2.53. The predicted molar refractivity (Wildman–Crippen MR) is 279 cm³/mol. The van der Waals surface area contributed by atoms with E-state index in [-0.39, 0.29) is 0 Å². The highest BCUT2D eigenvalue weighted by atomic mass is 16.3. The van der Waals surface area contributed by atoms with E-state index in [1.807, 2.05) is 0 Å². The SMILES string of the molecule is CCCCCCCCCCCCCCCCCCCCCCCCCCCCCCCCCCC(O)C(O)C(CO)NC(=O)C(O)CCCCCCCCCCCCCCCCCC. The van der Waals surface area contributed by atoms with E-state index in [4.69, 9.17) is 0 Å². The fourth-order valence-corrected chi connectivity index (χ4v) is 9.70. The molecule has 0 aromatic carbocycles. The Hall–Kier alpha value is -0.690. The molecule has 0 bridgehead atoms. The fraction of sp³-hybridized carbons (Fsp3) is 0.983. The molecule has 0 aliphatic heterocycles. The second-order valence-electron chi connectivity index (χ2n) is 20.7. The largest absolute Gasteiger partial charge is 0.394 e. The van der Waals surface area contributed by atoms with Crippen molar-refractivity contribution in [2.75, 3.05) is 6.61 Å². The Labute approximate surface area is 400 Å². The Kier molecular flexibility index (Phi) is 52.7. The molecule has 1 amide bonds. The van der Waals surface area contributed by atoms with Gasteiger partial charge in [-0.25, -0.2) is 0 Å².